The predicted molar refractivity (Wildman–Crippen MR) is 97.4 cm³/mol. The molecule has 0 unspecified atom stereocenters. The maximum Gasteiger partial charge on any atom is 0.335 e. The molecule has 134 valence electrons. The van der Waals surface area contributed by atoms with Gasteiger partial charge < -0.3 is 10.4 Å². The van der Waals surface area contributed by atoms with E-state index in [2.05, 4.69) is 5.32 Å². The van der Waals surface area contributed by atoms with Gasteiger partial charge in [-0.3, -0.25) is 0 Å². The number of hydrogen-bond acceptors (Lipinski definition) is 4. The van der Waals surface area contributed by atoms with E-state index in [1.807, 2.05) is 37.3 Å². The third-order valence-corrected chi connectivity index (χ3v) is 4.81. The van der Waals surface area contributed by atoms with Crippen LogP contribution < -0.4 is 10.5 Å². The summed E-state index contributed by atoms with van der Waals surface area (Å²) in [6.45, 7) is 2.65. The average Bonchev–Trinajstić information content (AvgIpc) is 2.56. The Kier molecular flexibility index (Phi) is 6.17. The van der Waals surface area contributed by atoms with Crippen LogP contribution in [0.1, 0.15) is 41.3 Å². The number of anilines is 1. The fourth-order valence-electron chi connectivity index (χ4n) is 2.56. The van der Waals surface area contributed by atoms with Gasteiger partial charge in [-0.1, -0.05) is 43.7 Å². The maximum absolute atomic E-state index is 12.1. The van der Waals surface area contributed by atoms with Gasteiger partial charge in [-0.15, -0.1) is 0 Å². The van der Waals surface area contributed by atoms with Crippen molar-refractivity contribution in [2.24, 2.45) is 5.14 Å². The molecular weight excluding hydrogens is 340 g/mol. The van der Waals surface area contributed by atoms with E-state index in [0.717, 1.165) is 24.5 Å². The van der Waals surface area contributed by atoms with Gasteiger partial charge in [-0.05, 0) is 29.7 Å². The van der Waals surface area contributed by atoms with E-state index in [0.29, 0.717) is 24.2 Å². The highest BCUT2D eigenvalue weighted by molar-refractivity contribution is 7.89. The second-order valence-corrected chi connectivity index (χ2v) is 7.32. The van der Waals surface area contributed by atoms with Gasteiger partial charge >= 0.3 is 5.97 Å². The summed E-state index contributed by atoms with van der Waals surface area (Å²) in [5, 5.41) is 17.8. The molecule has 0 radical (unpaired) electrons. The fourth-order valence-corrected chi connectivity index (χ4v) is 3.38. The van der Waals surface area contributed by atoms with E-state index in [1.165, 1.54) is 6.07 Å². The van der Waals surface area contributed by atoms with Crippen molar-refractivity contribution in [1.82, 2.24) is 0 Å². The minimum atomic E-state index is -4.07. The number of nitrogens with two attached hydrogens (primary N) is 1. The lowest BCUT2D eigenvalue weighted by Gasteiger charge is -2.17. The second kappa shape index (κ2) is 8.13. The molecule has 0 spiro atoms. The Morgan fingerprint density at radius 1 is 1.20 bits per heavy atom. The molecular formula is C18H22N2O4S. The number of benzene rings is 2. The van der Waals surface area contributed by atoms with E-state index in [-0.39, 0.29) is 10.5 Å². The third-order valence-electron chi connectivity index (χ3n) is 3.83. The number of hydrogen-bond donors (Lipinski definition) is 3. The first-order valence-electron chi connectivity index (χ1n) is 8.03. The minimum absolute atomic E-state index is 0.111. The molecule has 0 saturated carbocycles. The number of nitrogens with one attached hydrogen (secondary N) is 1. The van der Waals surface area contributed by atoms with Crippen molar-refractivity contribution in [2.75, 3.05) is 11.9 Å². The Balaban J connectivity index is 2.59. The summed E-state index contributed by atoms with van der Waals surface area (Å²) in [4.78, 5) is 11.2. The maximum atomic E-state index is 12.1. The number of carbonyl (C=O) groups is 1. The molecule has 0 atom stereocenters. The van der Waals surface area contributed by atoms with Crippen molar-refractivity contribution in [3.8, 4) is 0 Å². The number of unbranched alkanes of at least 4 members (excludes halogenated alkanes) is 1. The van der Waals surface area contributed by atoms with E-state index in [9.17, 15) is 18.3 Å². The molecule has 4 N–H and O–H groups in total. The molecule has 0 amide bonds. The van der Waals surface area contributed by atoms with E-state index in [1.54, 1.807) is 0 Å². The van der Waals surface area contributed by atoms with Crippen LogP contribution in [0.25, 0.3) is 0 Å². The van der Waals surface area contributed by atoms with Crippen molar-refractivity contribution in [3.63, 3.8) is 0 Å². The van der Waals surface area contributed by atoms with Crippen LogP contribution in [0.15, 0.2) is 47.4 Å². The van der Waals surface area contributed by atoms with Crippen molar-refractivity contribution in [2.45, 2.75) is 31.1 Å². The summed E-state index contributed by atoms with van der Waals surface area (Å²) < 4.78 is 24.1. The normalized spacial score (nSPS) is 11.3. The van der Waals surface area contributed by atoms with Gasteiger partial charge in [0.15, 0.2) is 0 Å². The van der Waals surface area contributed by atoms with Crippen LogP contribution in [0.2, 0.25) is 0 Å². The third kappa shape index (κ3) is 5.04. The Hall–Kier alpha value is -2.38. The lowest BCUT2D eigenvalue weighted by molar-refractivity contribution is 0.0696. The SMILES string of the molecule is CCCCNc1cc(C(=O)O)cc(S(N)(=O)=O)c1Cc1ccccc1. The van der Waals surface area contributed by atoms with Crippen LogP contribution >= 0.6 is 0 Å². The number of sulfonamides is 1. The molecule has 7 heteroatoms. The molecule has 2 aromatic carbocycles. The monoisotopic (exact) mass is 362 g/mol. The van der Waals surface area contributed by atoms with Crippen LogP contribution in [0, 0.1) is 0 Å². The molecule has 0 aliphatic rings. The Labute approximate surface area is 147 Å². The lowest BCUT2D eigenvalue weighted by Crippen LogP contribution is -2.18. The van der Waals surface area contributed by atoms with Gasteiger partial charge in [0.1, 0.15) is 0 Å². The van der Waals surface area contributed by atoms with Crippen molar-refractivity contribution >= 4 is 21.7 Å². The quantitative estimate of drug-likeness (QED) is 0.626. The molecule has 0 heterocycles. The summed E-state index contributed by atoms with van der Waals surface area (Å²) >= 11 is 0. The Morgan fingerprint density at radius 2 is 1.88 bits per heavy atom. The van der Waals surface area contributed by atoms with Crippen molar-refractivity contribution in [3.05, 3.63) is 59.2 Å². The van der Waals surface area contributed by atoms with Crippen molar-refractivity contribution in [1.29, 1.82) is 0 Å². The van der Waals surface area contributed by atoms with E-state index >= 15 is 0 Å². The Bertz CT molecular complexity index is 849. The van der Waals surface area contributed by atoms with Crippen LogP contribution in [-0.4, -0.2) is 26.0 Å². The zero-order chi connectivity index (χ0) is 18.4. The number of rotatable bonds is 8. The zero-order valence-corrected chi connectivity index (χ0v) is 14.8. The van der Waals surface area contributed by atoms with Gasteiger partial charge in [-0.2, -0.15) is 0 Å². The summed E-state index contributed by atoms with van der Waals surface area (Å²) in [6.07, 6.45) is 2.18. The molecule has 2 aromatic rings. The lowest BCUT2D eigenvalue weighted by atomic mass is 10.0. The standard InChI is InChI=1S/C18H22N2O4S/c1-2-3-9-20-16-11-14(18(21)22)12-17(25(19,23)24)15(16)10-13-7-5-4-6-8-13/h4-8,11-12,20H,2-3,9-10H2,1H3,(H,21,22)(H2,19,23,24). The molecule has 0 fully saturated rings. The van der Waals surface area contributed by atoms with Gasteiger partial charge in [0, 0.05) is 18.7 Å². The highest BCUT2D eigenvalue weighted by Gasteiger charge is 2.21. The van der Waals surface area contributed by atoms with E-state index < -0.39 is 16.0 Å². The number of aromatic carboxylic acids is 1. The molecule has 0 saturated heterocycles. The highest BCUT2D eigenvalue weighted by atomic mass is 32.2. The van der Waals surface area contributed by atoms with Crippen LogP contribution in [0.3, 0.4) is 0 Å². The van der Waals surface area contributed by atoms with Gasteiger partial charge in [0.05, 0.1) is 10.5 Å². The molecule has 25 heavy (non-hydrogen) atoms. The summed E-state index contributed by atoms with van der Waals surface area (Å²) in [7, 11) is -4.07. The molecule has 2 rings (SSSR count). The fraction of sp³-hybridized carbons (Fsp3) is 0.278. The first kappa shape index (κ1) is 19.0. The topological polar surface area (TPSA) is 109 Å². The summed E-state index contributed by atoms with van der Waals surface area (Å²) in [5.74, 6) is -1.20. The highest BCUT2D eigenvalue weighted by Crippen LogP contribution is 2.28. The van der Waals surface area contributed by atoms with Crippen molar-refractivity contribution < 1.29 is 18.3 Å². The molecule has 0 bridgehead atoms. The molecule has 0 aliphatic heterocycles. The molecule has 6 nitrogen and oxygen atoms in total. The number of primary sulfonamides is 1. The second-order valence-electron chi connectivity index (χ2n) is 5.79. The first-order valence-corrected chi connectivity index (χ1v) is 9.58. The largest absolute Gasteiger partial charge is 0.478 e. The summed E-state index contributed by atoms with van der Waals surface area (Å²) in [5.41, 5.74) is 1.77. The van der Waals surface area contributed by atoms with Gasteiger partial charge in [0.25, 0.3) is 0 Å². The minimum Gasteiger partial charge on any atom is -0.478 e. The number of carboxylic acids is 1. The van der Waals surface area contributed by atoms with E-state index in [4.69, 9.17) is 5.14 Å². The molecule has 0 aromatic heterocycles. The average molecular weight is 362 g/mol. The molecule has 0 aliphatic carbocycles. The Morgan fingerprint density at radius 3 is 2.44 bits per heavy atom. The summed E-state index contributed by atoms with van der Waals surface area (Å²) in [6, 6.07) is 12.0. The van der Waals surface area contributed by atoms with Gasteiger partial charge in [-0.25, -0.2) is 18.4 Å². The zero-order valence-electron chi connectivity index (χ0n) is 14.0. The van der Waals surface area contributed by atoms with Gasteiger partial charge in [0.2, 0.25) is 10.0 Å². The van der Waals surface area contributed by atoms with Crippen LogP contribution in [-0.2, 0) is 16.4 Å². The number of carboxylic acid groups (broad SMARTS) is 1. The van der Waals surface area contributed by atoms with Crippen LogP contribution in [0.4, 0.5) is 5.69 Å². The predicted octanol–water partition coefficient (Wildman–Crippen LogP) is 2.84. The first-order chi connectivity index (χ1) is 11.8. The smallest absolute Gasteiger partial charge is 0.335 e. The van der Waals surface area contributed by atoms with Crippen LogP contribution in [0.5, 0.6) is 0 Å².